The number of nitrogens with zero attached hydrogens (tertiary/aromatic N) is 2. The Hall–Kier alpha value is -2.75. The Morgan fingerprint density at radius 3 is 2.77 bits per heavy atom. The summed E-state index contributed by atoms with van der Waals surface area (Å²) >= 11 is 0. The second-order valence-corrected chi connectivity index (χ2v) is 5.32. The van der Waals surface area contributed by atoms with Gasteiger partial charge in [-0.15, -0.1) is 0 Å². The molecule has 3 amide bonds. The maximum Gasteiger partial charge on any atom is 0.326 e. The molecule has 0 radical (unpaired) electrons. The van der Waals surface area contributed by atoms with E-state index in [-0.39, 0.29) is 6.54 Å². The molecule has 2 aliphatic rings. The number of fused-ring (bicyclic) bond motifs is 1. The van der Waals surface area contributed by atoms with Gasteiger partial charge in [-0.05, 0) is 24.6 Å². The zero-order valence-electron chi connectivity index (χ0n) is 12.1. The zero-order valence-corrected chi connectivity index (χ0v) is 12.1. The van der Waals surface area contributed by atoms with Crippen LogP contribution in [0.1, 0.15) is 18.9 Å². The number of amides is 3. The molecule has 1 aromatic rings. The summed E-state index contributed by atoms with van der Waals surface area (Å²) in [4.78, 5) is 25.3. The maximum atomic E-state index is 12.5. The predicted octanol–water partition coefficient (Wildman–Crippen LogP) is 1.14. The van der Waals surface area contributed by atoms with E-state index in [0.29, 0.717) is 30.3 Å². The topological polar surface area (TPSA) is 91.7 Å². The summed E-state index contributed by atoms with van der Waals surface area (Å²) in [6.45, 7) is 2.46. The number of rotatable bonds is 2. The number of urea groups is 1. The van der Waals surface area contributed by atoms with Gasteiger partial charge in [0, 0.05) is 6.42 Å². The van der Waals surface area contributed by atoms with E-state index < -0.39 is 17.5 Å². The fraction of sp³-hybridized carbons (Fsp3) is 0.400. The van der Waals surface area contributed by atoms with Crippen molar-refractivity contribution in [2.45, 2.75) is 18.9 Å². The number of benzene rings is 1. The number of imide groups is 1. The van der Waals surface area contributed by atoms with E-state index in [0.717, 1.165) is 11.3 Å². The normalized spacial score (nSPS) is 23.7. The van der Waals surface area contributed by atoms with Crippen molar-refractivity contribution in [2.24, 2.45) is 0 Å². The highest BCUT2D eigenvalue weighted by Gasteiger charge is 2.49. The summed E-state index contributed by atoms with van der Waals surface area (Å²) in [5.74, 6) is 0.723. The van der Waals surface area contributed by atoms with Crippen LogP contribution < -0.4 is 14.8 Å². The molecule has 114 valence electrons. The second kappa shape index (κ2) is 5.22. The van der Waals surface area contributed by atoms with Crippen molar-refractivity contribution in [1.29, 1.82) is 5.26 Å². The molecule has 2 heterocycles. The SMILES string of the molecule is C[C@@]1(c2ccc3c(c2)OCCCO3)NC(=O)N(CC#N)C1=O. The lowest BCUT2D eigenvalue weighted by Crippen LogP contribution is -2.40. The first-order valence-electron chi connectivity index (χ1n) is 6.97. The molecule has 3 rings (SSSR count). The number of hydrogen-bond acceptors (Lipinski definition) is 5. The standard InChI is InChI=1S/C15H15N3O4/c1-15(13(19)18(6-5-16)14(20)17-15)10-3-4-11-12(9-10)22-8-2-7-21-11/h3-4,9H,2,6-8H2,1H3,(H,17,20)/t15-/m0/s1. The fourth-order valence-corrected chi connectivity index (χ4v) is 2.58. The van der Waals surface area contributed by atoms with Gasteiger partial charge in [-0.3, -0.25) is 4.79 Å². The average Bonchev–Trinajstić information content (AvgIpc) is 2.70. The minimum absolute atomic E-state index is 0.273. The maximum absolute atomic E-state index is 12.5. The number of nitriles is 1. The number of carbonyl (C=O) groups excluding carboxylic acids is 2. The van der Waals surface area contributed by atoms with E-state index in [1.807, 2.05) is 6.07 Å². The van der Waals surface area contributed by atoms with Crippen molar-refractivity contribution in [3.05, 3.63) is 23.8 Å². The smallest absolute Gasteiger partial charge is 0.326 e. The predicted molar refractivity (Wildman–Crippen MR) is 75.3 cm³/mol. The van der Waals surface area contributed by atoms with Gasteiger partial charge in [-0.2, -0.15) is 5.26 Å². The number of nitrogens with one attached hydrogen (secondary N) is 1. The molecule has 1 atom stereocenters. The fourth-order valence-electron chi connectivity index (χ4n) is 2.58. The molecule has 0 aromatic heterocycles. The van der Waals surface area contributed by atoms with E-state index >= 15 is 0 Å². The van der Waals surface area contributed by atoms with Gasteiger partial charge in [0.1, 0.15) is 12.1 Å². The summed E-state index contributed by atoms with van der Waals surface area (Å²) in [5.41, 5.74) is -0.617. The highest BCUT2D eigenvalue weighted by atomic mass is 16.5. The molecule has 0 bridgehead atoms. The lowest BCUT2D eigenvalue weighted by Gasteiger charge is -2.23. The van der Waals surface area contributed by atoms with Crippen molar-refractivity contribution in [1.82, 2.24) is 10.2 Å². The quantitative estimate of drug-likeness (QED) is 0.653. The Morgan fingerprint density at radius 1 is 1.32 bits per heavy atom. The Labute approximate surface area is 127 Å². The van der Waals surface area contributed by atoms with E-state index in [1.165, 1.54) is 0 Å². The van der Waals surface area contributed by atoms with E-state index in [9.17, 15) is 9.59 Å². The van der Waals surface area contributed by atoms with Crippen LogP contribution in [0.15, 0.2) is 18.2 Å². The highest BCUT2D eigenvalue weighted by Crippen LogP contribution is 2.36. The molecule has 0 saturated carbocycles. The van der Waals surface area contributed by atoms with Gasteiger partial charge in [0.15, 0.2) is 11.5 Å². The zero-order chi connectivity index (χ0) is 15.7. The summed E-state index contributed by atoms with van der Waals surface area (Å²) < 4.78 is 11.2. The van der Waals surface area contributed by atoms with Crippen LogP contribution in [0.5, 0.6) is 11.5 Å². The van der Waals surface area contributed by atoms with Crippen molar-refractivity contribution < 1.29 is 19.1 Å². The van der Waals surface area contributed by atoms with Crippen molar-refractivity contribution >= 4 is 11.9 Å². The molecule has 0 unspecified atom stereocenters. The van der Waals surface area contributed by atoms with Crippen LogP contribution in [-0.2, 0) is 10.3 Å². The third kappa shape index (κ3) is 2.13. The summed E-state index contributed by atoms with van der Waals surface area (Å²) in [6, 6.07) is 6.41. The van der Waals surface area contributed by atoms with E-state index in [1.54, 1.807) is 25.1 Å². The van der Waals surface area contributed by atoms with Crippen LogP contribution in [0.25, 0.3) is 0 Å². The van der Waals surface area contributed by atoms with Crippen molar-refractivity contribution in [3.8, 4) is 17.6 Å². The molecule has 0 spiro atoms. The first-order chi connectivity index (χ1) is 10.6. The number of carbonyl (C=O) groups is 2. The van der Waals surface area contributed by atoms with Gasteiger partial charge < -0.3 is 14.8 Å². The average molecular weight is 301 g/mol. The van der Waals surface area contributed by atoms with Crippen LogP contribution in [0.4, 0.5) is 4.79 Å². The van der Waals surface area contributed by atoms with Gasteiger partial charge in [-0.1, -0.05) is 6.07 Å². The van der Waals surface area contributed by atoms with E-state index in [4.69, 9.17) is 14.7 Å². The van der Waals surface area contributed by atoms with Crippen LogP contribution in [0.2, 0.25) is 0 Å². The molecular formula is C15H15N3O4. The van der Waals surface area contributed by atoms with E-state index in [2.05, 4.69) is 5.32 Å². The molecule has 2 aliphatic heterocycles. The van der Waals surface area contributed by atoms with Crippen LogP contribution in [0.3, 0.4) is 0 Å². The summed E-state index contributed by atoms with van der Waals surface area (Å²) in [6.07, 6.45) is 0.785. The lowest BCUT2D eigenvalue weighted by molar-refractivity contribution is -0.130. The Morgan fingerprint density at radius 2 is 2.05 bits per heavy atom. The molecule has 7 heteroatoms. The van der Waals surface area contributed by atoms with Crippen LogP contribution in [-0.4, -0.2) is 36.6 Å². The number of ether oxygens (including phenoxy) is 2. The minimum Gasteiger partial charge on any atom is -0.490 e. The summed E-state index contributed by atoms with van der Waals surface area (Å²) in [7, 11) is 0. The van der Waals surface area contributed by atoms with Gasteiger partial charge in [-0.25, -0.2) is 9.69 Å². The molecule has 7 nitrogen and oxygen atoms in total. The molecular weight excluding hydrogens is 286 g/mol. The Kier molecular flexibility index (Phi) is 3.37. The first kappa shape index (κ1) is 14.2. The monoisotopic (exact) mass is 301 g/mol. The van der Waals surface area contributed by atoms with Gasteiger partial charge in [0.05, 0.1) is 19.3 Å². The first-order valence-corrected chi connectivity index (χ1v) is 6.97. The Bertz CT molecular complexity index is 682. The number of hydrogen-bond donors (Lipinski definition) is 1. The molecule has 1 N–H and O–H groups in total. The van der Waals surface area contributed by atoms with Gasteiger partial charge in [0.2, 0.25) is 0 Å². The van der Waals surface area contributed by atoms with Gasteiger partial charge >= 0.3 is 6.03 Å². The Balaban J connectivity index is 1.97. The van der Waals surface area contributed by atoms with Crippen molar-refractivity contribution in [2.75, 3.05) is 19.8 Å². The largest absolute Gasteiger partial charge is 0.490 e. The third-order valence-corrected chi connectivity index (χ3v) is 3.83. The molecule has 22 heavy (non-hydrogen) atoms. The second-order valence-electron chi connectivity index (χ2n) is 5.32. The van der Waals surface area contributed by atoms with Crippen molar-refractivity contribution in [3.63, 3.8) is 0 Å². The molecule has 1 saturated heterocycles. The lowest BCUT2D eigenvalue weighted by atomic mass is 9.91. The molecule has 0 aliphatic carbocycles. The third-order valence-electron chi connectivity index (χ3n) is 3.83. The molecule has 1 aromatic carbocycles. The van der Waals surface area contributed by atoms with Gasteiger partial charge in [0.25, 0.3) is 5.91 Å². The minimum atomic E-state index is -1.21. The summed E-state index contributed by atoms with van der Waals surface area (Å²) in [5, 5.41) is 11.4. The van der Waals surface area contributed by atoms with Crippen LogP contribution >= 0.6 is 0 Å². The molecule has 1 fully saturated rings. The van der Waals surface area contributed by atoms with Crippen LogP contribution in [0, 0.1) is 11.3 Å². The highest BCUT2D eigenvalue weighted by molar-refractivity contribution is 6.07.